The summed E-state index contributed by atoms with van der Waals surface area (Å²) in [7, 11) is -3.29. The highest BCUT2D eigenvalue weighted by molar-refractivity contribution is 7.90. The predicted molar refractivity (Wildman–Crippen MR) is 103 cm³/mol. The van der Waals surface area contributed by atoms with Crippen LogP contribution in [0.5, 0.6) is 5.75 Å². The second kappa shape index (κ2) is 7.81. The molecular formula is C19H19N3O5S. The Kier molecular flexibility index (Phi) is 5.46. The summed E-state index contributed by atoms with van der Waals surface area (Å²) in [5.74, 6) is 0.430. The molecule has 0 saturated carbocycles. The highest BCUT2D eigenvalue weighted by Gasteiger charge is 2.14. The molecule has 1 amide bonds. The lowest BCUT2D eigenvalue weighted by atomic mass is 10.2. The van der Waals surface area contributed by atoms with Gasteiger partial charge in [-0.25, -0.2) is 8.42 Å². The summed E-state index contributed by atoms with van der Waals surface area (Å²) in [5, 5.41) is 10.2. The average molecular weight is 401 g/mol. The normalized spacial score (nSPS) is 11.4. The van der Waals surface area contributed by atoms with Crippen LogP contribution >= 0.6 is 0 Å². The monoisotopic (exact) mass is 401 g/mol. The number of rotatable bonds is 6. The van der Waals surface area contributed by atoms with E-state index in [2.05, 4.69) is 15.5 Å². The lowest BCUT2D eigenvalue weighted by Gasteiger charge is -2.09. The number of benzene rings is 2. The van der Waals surface area contributed by atoms with E-state index in [1.807, 2.05) is 13.8 Å². The van der Waals surface area contributed by atoms with Gasteiger partial charge in [-0.3, -0.25) is 10.1 Å². The lowest BCUT2D eigenvalue weighted by Crippen LogP contribution is -2.12. The highest BCUT2D eigenvalue weighted by atomic mass is 32.2. The van der Waals surface area contributed by atoms with Crippen molar-refractivity contribution >= 4 is 21.8 Å². The summed E-state index contributed by atoms with van der Waals surface area (Å²) >= 11 is 0. The van der Waals surface area contributed by atoms with Gasteiger partial charge in [-0.05, 0) is 62.4 Å². The standard InChI is InChI=1S/C19H19N3O5S/c1-12(2)26-15-8-4-13(5-9-15)17(23)20-19-22-21-18(27-19)14-6-10-16(11-7-14)28(3,24)25/h4-12H,1-3H3,(H,20,22,23). The number of aromatic nitrogens is 2. The fourth-order valence-corrected chi connectivity index (χ4v) is 2.99. The third-order valence-corrected chi connectivity index (χ3v) is 4.79. The summed E-state index contributed by atoms with van der Waals surface area (Å²) in [6, 6.07) is 12.6. The first-order chi connectivity index (χ1) is 13.2. The van der Waals surface area contributed by atoms with E-state index in [9.17, 15) is 13.2 Å². The van der Waals surface area contributed by atoms with Crippen molar-refractivity contribution in [3.05, 3.63) is 54.1 Å². The van der Waals surface area contributed by atoms with E-state index < -0.39 is 15.7 Å². The van der Waals surface area contributed by atoms with Crippen molar-refractivity contribution in [1.29, 1.82) is 0 Å². The van der Waals surface area contributed by atoms with Gasteiger partial charge >= 0.3 is 6.01 Å². The van der Waals surface area contributed by atoms with Gasteiger partial charge < -0.3 is 9.15 Å². The Labute approximate surface area is 162 Å². The Morgan fingerprint density at radius 1 is 1.04 bits per heavy atom. The Morgan fingerprint density at radius 3 is 2.25 bits per heavy atom. The lowest BCUT2D eigenvalue weighted by molar-refractivity contribution is 0.102. The maximum absolute atomic E-state index is 12.3. The first-order valence-electron chi connectivity index (χ1n) is 8.44. The zero-order chi connectivity index (χ0) is 20.3. The summed E-state index contributed by atoms with van der Waals surface area (Å²) in [5.41, 5.74) is 0.948. The first kappa shape index (κ1) is 19.6. The van der Waals surface area contributed by atoms with E-state index in [0.717, 1.165) is 6.26 Å². The Balaban J connectivity index is 1.69. The van der Waals surface area contributed by atoms with E-state index in [4.69, 9.17) is 9.15 Å². The molecule has 0 unspecified atom stereocenters. The third-order valence-electron chi connectivity index (χ3n) is 3.66. The molecule has 146 valence electrons. The number of sulfone groups is 1. The van der Waals surface area contributed by atoms with Crippen molar-refractivity contribution < 1.29 is 22.4 Å². The second-order valence-electron chi connectivity index (χ2n) is 6.35. The molecule has 0 fully saturated rings. The molecule has 3 aromatic rings. The van der Waals surface area contributed by atoms with Crippen molar-refractivity contribution in [3.63, 3.8) is 0 Å². The zero-order valence-corrected chi connectivity index (χ0v) is 16.4. The molecule has 0 spiro atoms. The van der Waals surface area contributed by atoms with Gasteiger partial charge in [-0.15, -0.1) is 5.10 Å². The van der Waals surface area contributed by atoms with Crippen molar-refractivity contribution in [2.75, 3.05) is 11.6 Å². The number of amides is 1. The molecule has 0 aliphatic rings. The number of ether oxygens (including phenoxy) is 1. The summed E-state index contributed by atoms with van der Waals surface area (Å²) in [6.07, 6.45) is 1.17. The van der Waals surface area contributed by atoms with Crippen LogP contribution < -0.4 is 10.1 Å². The molecular weight excluding hydrogens is 382 g/mol. The molecule has 28 heavy (non-hydrogen) atoms. The van der Waals surface area contributed by atoms with Gasteiger partial charge in [0.05, 0.1) is 11.0 Å². The van der Waals surface area contributed by atoms with Gasteiger partial charge in [0.15, 0.2) is 9.84 Å². The van der Waals surface area contributed by atoms with Gasteiger partial charge in [-0.1, -0.05) is 5.10 Å². The molecule has 0 aliphatic heterocycles. The van der Waals surface area contributed by atoms with E-state index in [-0.39, 0.29) is 22.9 Å². The number of carbonyl (C=O) groups excluding carboxylic acids is 1. The molecule has 0 aliphatic carbocycles. The van der Waals surface area contributed by atoms with E-state index in [1.54, 1.807) is 36.4 Å². The van der Waals surface area contributed by atoms with Crippen molar-refractivity contribution in [1.82, 2.24) is 10.2 Å². The number of nitrogens with zero attached hydrogens (tertiary/aromatic N) is 2. The summed E-state index contributed by atoms with van der Waals surface area (Å²) < 4.78 is 34.0. The van der Waals surface area contributed by atoms with Crippen LogP contribution in [0.2, 0.25) is 0 Å². The topological polar surface area (TPSA) is 111 Å². The van der Waals surface area contributed by atoms with Crippen LogP contribution in [-0.2, 0) is 9.84 Å². The van der Waals surface area contributed by atoms with E-state index in [1.165, 1.54) is 12.1 Å². The average Bonchev–Trinajstić information content (AvgIpc) is 3.09. The van der Waals surface area contributed by atoms with Crippen LogP contribution in [0.4, 0.5) is 6.01 Å². The highest BCUT2D eigenvalue weighted by Crippen LogP contribution is 2.22. The summed E-state index contributed by atoms with van der Waals surface area (Å²) in [6.45, 7) is 3.84. The van der Waals surface area contributed by atoms with Gasteiger partial charge in [0.2, 0.25) is 5.89 Å². The molecule has 1 heterocycles. The molecule has 9 heteroatoms. The van der Waals surface area contributed by atoms with Crippen LogP contribution in [0, 0.1) is 0 Å². The number of carbonyl (C=O) groups is 1. The van der Waals surface area contributed by atoms with Gasteiger partial charge in [0.25, 0.3) is 5.91 Å². The Bertz CT molecular complexity index is 1070. The first-order valence-corrected chi connectivity index (χ1v) is 10.3. The molecule has 0 radical (unpaired) electrons. The largest absolute Gasteiger partial charge is 0.491 e. The van der Waals surface area contributed by atoms with Crippen LogP contribution in [0.3, 0.4) is 0 Å². The van der Waals surface area contributed by atoms with Crippen LogP contribution in [-0.4, -0.2) is 36.9 Å². The van der Waals surface area contributed by atoms with Crippen LogP contribution in [0.1, 0.15) is 24.2 Å². The smallest absolute Gasteiger partial charge is 0.322 e. The third kappa shape index (κ3) is 4.74. The fourth-order valence-electron chi connectivity index (χ4n) is 2.36. The maximum Gasteiger partial charge on any atom is 0.322 e. The number of nitrogens with one attached hydrogen (secondary N) is 1. The molecule has 0 bridgehead atoms. The Morgan fingerprint density at radius 2 is 1.68 bits per heavy atom. The van der Waals surface area contributed by atoms with Crippen LogP contribution in [0.25, 0.3) is 11.5 Å². The molecule has 0 saturated heterocycles. The second-order valence-corrected chi connectivity index (χ2v) is 8.37. The molecule has 8 nitrogen and oxygen atoms in total. The molecule has 2 aromatic carbocycles. The van der Waals surface area contributed by atoms with Crippen molar-refractivity contribution in [2.45, 2.75) is 24.8 Å². The predicted octanol–water partition coefficient (Wildman–Crippen LogP) is 3.18. The minimum absolute atomic E-state index is 0.0444. The van der Waals surface area contributed by atoms with Gasteiger partial charge in [0, 0.05) is 17.4 Å². The van der Waals surface area contributed by atoms with Crippen LogP contribution in [0.15, 0.2) is 57.8 Å². The summed E-state index contributed by atoms with van der Waals surface area (Å²) in [4.78, 5) is 12.5. The molecule has 1 aromatic heterocycles. The van der Waals surface area contributed by atoms with Gasteiger partial charge in [0.1, 0.15) is 5.75 Å². The van der Waals surface area contributed by atoms with Crippen molar-refractivity contribution in [2.24, 2.45) is 0 Å². The maximum atomic E-state index is 12.3. The minimum Gasteiger partial charge on any atom is -0.491 e. The molecule has 3 rings (SSSR count). The van der Waals surface area contributed by atoms with Gasteiger partial charge in [-0.2, -0.15) is 0 Å². The number of anilines is 1. The number of hydrogen-bond acceptors (Lipinski definition) is 7. The van der Waals surface area contributed by atoms with E-state index in [0.29, 0.717) is 16.9 Å². The fraction of sp³-hybridized carbons (Fsp3) is 0.211. The quantitative estimate of drug-likeness (QED) is 0.675. The number of hydrogen-bond donors (Lipinski definition) is 1. The minimum atomic E-state index is -3.29. The zero-order valence-electron chi connectivity index (χ0n) is 15.5. The van der Waals surface area contributed by atoms with Crippen molar-refractivity contribution in [3.8, 4) is 17.2 Å². The Hall–Kier alpha value is -3.20. The molecule has 0 atom stereocenters. The SMILES string of the molecule is CC(C)Oc1ccc(C(=O)Nc2nnc(-c3ccc(S(C)(=O)=O)cc3)o2)cc1. The molecule has 1 N–H and O–H groups in total. The van der Waals surface area contributed by atoms with E-state index >= 15 is 0 Å².